The van der Waals surface area contributed by atoms with Gasteiger partial charge in [0.25, 0.3) is 0 Å². The van der Waals surface area contributed by atoms with E-state index in [2.05, 4.69) is 10.2 Å². The second-order valence-electron chi connectivity index (χ2n) is 4.25. The number of hydrogen-bond acceptors (Lipinski definition) is 2. The first-order valence-corrected chi connectivity index (χ1v) is 7.02. The molecule has 5 heteroatoms. The van der Waals surface area contributed by atoms with Gasteiger partial charge in [0.05, 0.1) is 5.88 Å². The fourth-order valence-corrected chi connectivity index (χ4v) is 2.34. The van der Waals surface area contributed by atoms with Crippen LogP contribution in [0.2, 0.25) is 5.02 Å². The van der Waals surface area contributed by atoms with Gasteiger partial charge >= 0.3 is 0 Å². The molecule has 0 radical (unpaired) electrons. The lowest BCUT2D eigenvalue weighted by atomic mass is 10.2. The van der Waals surface area contributed by atoms with Crippen LogP contribution in [-0.4, -0.2) is 14.8 Å². The van der Waals surface area contributed by atoms with Gasteiger partial charge in [-0.3, -0.25) is 4.57 Å². The molecule has 0 saturated carbocycles. The average molecular weight is 304 g/mol. The van der Waals surface area contributed by atoms with Crippen LogP contribution in [0.4, 0.5) is 0 Å². The fourth-order valence-electron chi connectivity index (χ4n) is 2.04. The second-order valence-corrected chi connectivity index (χ2v) is 4.96. The van der Waals surface area contributed by atoms with Crippen LogP contribution < -0.4 is 0 Å². The van der Waals surface area contributed by atoms with Crippen molar-refractivity contribution in [2.45, 2.75) is 5.88 Å². The Balaban J connectivity index is 2.17. The van der Waals surface area contributed by atoms with Gasteiger partial charge in [0.15, 0.2) is 11.6 Å². The van der Waals surface area contributed by atoms with Gasteiger partial charge in [-0.2, -0.15) is 0 Å². The Bertz CT molecular complexity index is 706. The normalized spacial score (nSPS) is 10.7. The number of nitrogens with zero attached hydrogens (tertiary/aromatic N) is 3. The first kappa shape index (κ1) is 13.2. The van der Waals surface area contributed by atoms with E-state index in [4.69, 9.17) is 23.2 Å². The Hall–Kier alpha value is -1.84. The second kappa shape index (κ2) is 5.65. The zero-order chi connectivity index (χ0) is 13.9. The molecular weight excluding hydrogens is 293 g/mol. The van der Waals surface area contributed by atoms with E-state index in [-0.39, 0.29) is 0 Å². The molecule has 0 unspecified atom stereocenters. The molecule has 1 aromatic heterocycles. The first-order valence-electron chi connectivity index (χ1n) is 6.11. The molecule has 3 nitrogen and oxygen atoms in total. The van der Waals surface area contributed by atoms with Crippen molar-refractivity contribution in [3.05, 3.63) is 65.4 Å². The summed E-state index contributed by atoms with van der Waals surface area (Å²) in [6.07, 6.45) is 0. The molecule has 3 aromatic rings. The largest absolute Gasteiger partial charge is 0.278 e. The van der Waals surface area contributed by atoms with Gasteiger partial charge in [-0.05, 0) is 36.4 Å². The van der Waals surface area contributed by atoms with Gasteiger partial charge in [-0.1, -0.05) is 29.8 Å². The van der Waals surface area contributed by atoms with E-state index in [0.717, 1.165) is 17.1 Å². The van der Waals surface area contributed by atoms with Gasteiger partial charge in [0.1, 0.15) is 0 Å². The summed E-state index contributed by atoms with van der Waals surface area (Å²) in [7, 11) is 0. The quantitative estimate of drug-likeness (QED) is 0.674. The van der Waals surface area contributed by atoms with Gasteiger partial charge in [0.2, 0.25) is 0 Å². The minimum Gasteiger partial charge on any atom is -0.278 e. The molecule has 0 fully saturated rings. The maximum Gasteiger partial charge on any atom is 0.168 e. The molecule has 0 aliphatic heterocycles. The van der Waals surface area contributed by atoms with Crippen molar-refractivity contribution in [2.75, 3.05) is 0 Å². The summed E-state index contributed by atoms with van der Waals surface area (Å²) in [4.78, 5) is 0. The van der Waals surface area contributed by atoms with Gasteiger partial charge in [-0.25, -0.2) is 0 Å². The summed E-state index contributed by atoms with van der Waals surface area (Å²) in [5, 5.41) is 9.10. The first-order chi connectivity index (χ1) is 9.79. The Labute approximate surface area is 126 Å². The van der Waals surface area contributed by atoms with Crippen LogP contribution in [0.15, 0.2) is 54.6 Å². The molecule has 100 valence electrons. The van der Waals surface area contributed by atoms with Gasteiger partial charge in [0, 0.05) is 16.3 Å². The minimum atomic E-state index is 0.301. The van der Waals surface area contributed by atoms with E-state index >= 15 is 0 Å². The fraction of sp³-hybridized carbons (Fsp3) is 0.0667. The predicted octanol–water partition coefficient (Wildman–Crippen LogP) is 4.33. The van der Waals surface area contributed by atoms with Crippen molar-refractivity contribution in [2.24, 2.45) is 0 Å². The Morgan fingerprint density at radius 3 is 2.25 bits per heavy atom. The lowest BCUT2D eigenvalue weighted by molar-refractivity contribution is 0.953. The van der Waals surface area contributed by atoms with Crippen LogP contribution in [0.3, 0.4) is 0 Å². The lowest BCUT2D eigenvalue weighted by Crippen LogP contribution is -2.01. The smallest absolute Gasteiger partial charge is 0.168 e. The third kappa shape index (κ3) is 2.42. The number of para-hydroxylation sites is 1. The molecule has 2 aromatic carbocycles. The van der Waals surface area contributed by atoms with Crippen LogP contribution in [0, 0.1) is 0 Å². The van der Waals surface area contributed by atoms with Crippen molar-refractivity contribution in [1.29, 1.82) is 0 Å². The summed E-state index contributed by atoms with van der Waals surface area (Å²) < 4.78 is 1.95. The van der Waals surface area contributed by atoms with Crippen LogP contribution >= 0.6 is 23.2 Å². The molecule has 0 aliphatic rings. The minimum absolute atomic E-state index is 0.301. The molecule has 3 rings (SSSR count). The number of aromatic nitrogens is 3. The third-order valence-electron chi connectivity index (χ3n) is 2.97. The van der Waals surface area contributed by atoms with Crippen molar-refractivity contribution in [3.8, 4) is 17.1 Å². The van der Waals surface area contributed by atoms with Crippen LogP contribution in [0.25, 0.3) is 17.1 Å². The summed E-state index contributed by atoms with van der Waals surface area (Å²) in [5.41, 5.74) is 1.93. The number of halogens is 2. The monoisotopic (exact) mass is 303 g/mol. The summed E-state index contributed by atoms with van der Waals surface area (Å²) in [5.74, 6) is 1.77. The van der Waals surface area contributed by atoms with Crippen molar-refractivity contribution < 1.29 is 0 Å². The molecule has 0 amide bonds. The van der Waals surface area contributed by atoms with Crippen LogP contribution in [-0.2, 0) is 5.88 Å². The van der Waals surface area contributed by atoms with Crippen molar-refractivity contribution in [1.82, 2.24) is 14.8 Å². The molecule has 0 atom stereocenters. The molecule has 0 aliphatic carbocycles. The highest BCUT2D eigenvalue weighted by Crippen LogP contribution is 2.24. The highest BCUT2D eigenvalue weighted by atomic mass is 35.5. The highest BCUT2D eigenvalue weighted by Gasteiger charge is 2.14. The SMILES string of the molecule is ClCc1nnc(-c2ccc(Cl)cc2)n1-c1ccccc1. The number of rotatable bonds is 3. The number of alkyl halides is 1. The molecule has 0 saturated heterocycles. The van der Waals surface area contributed by atoms with Crippen LogP contribution in [0.1, 0.15) is 5.82 Å². The summed E-state index contributed by atoms with van der Waals surface area (Å²) >= 11 is 11.9. The van der Waals surface area contributed by atoms with E-state index in [1.807, 2.05) is 59.2 Å². The number of benzene rings is 2. The zero-order valence-electron chi connectivity index (χ0n) is 10.5. The summed E-state index contributed by atoms with van der Waals surface area (Å²) in [6.45, 7) is 0. The maximum atomic E-state index is 5.96. The molecule has 1 heterocycles. The van der Waals surface area contributed by atoms with Crippen molar-refractivity contribution in [3.63, 3.8) is 0 Å². The van der Waals surface area contributed by atoms with E-state index < -0.39 is 0 Å². The molecule has 0 N–H and O–H groups in total. The molecule has 0 bridgehead atoms. The Kier molecular flexibility index (Phi) is 3.72. The average Bonchev–Trinajstić information content (AvgIpc) is 2.93. The van der Waals surface area contributed by atoms with Crippen molar-refractivity contribution >= 4 is 23.2 Å². The Morgan fingerprint density at radius 2 is 1.60 bits per heavy atom. The Morgan fingerprint density at radius 1 is 0.900 bits per heavy atom. The van der Waals surface area contributed by atoms with E-state index in [1.54, 1.807) is 0 Å². The topological polar surface area (TPSA) is 30.7 Å². The molecule has 0 spiro atoms. The number of hydrogen-bond donors (Lipinski definition) is 0. The van der Waals surface area contributed by atoms with E-state index in [9.17, 15) is 0 Å². The summed E-state index contributed by atoms with van der Waals surface area (Å²) in [6, 6.07) is 17.4. The van der Waals surface area contributed by atoms with Gasteiger partial charge < -0.3 is 0 Å². The maximum absolute atomic E-state index is 5.96. The van der Waals surface area contributed by atoms with E-state index in [1.165, 1.54) is 0 Å². The predicted molar refractivity (Wildman–Crippen MR) is 81.4 cm³/mol. The third-order valence-corrected chi connectivity index (χ3v) is 3.46. The molecule has 20 heavy (non-hydrogen) atoms. The lowest BCUT2D eigenvalue weighted by Gasteiger charge is -2.09. The van der Waals surface area contributed by atoms with E-state index in [0.29, 0.717) is 16.7 Å². The molecular formula is C15H11Cl2N3. The van der Waals surface area contributed by atoms with Crippen LogP contribution in [0.5, 0.6) is 0 Å². The highest BCUT2D eigenvalue weighted by molar-refractivity contribution is 6.30. The standard InChI is InChI=1S/C15H11Cl2N3/c16-10-14-18-19-15(11-6-8-12(17)9-7-11)20(14)13-4-2-1-3-5-13/h1-9H,10H2. The van der Waals surface area contributed by atoms with Gasteiger partial charge in [-0.15, -0.1) is 21.8 Å². The zero-order valence-corrected chi connectivity index (χ0v) is 12.0.